The van der Waals surface area contributed by atoms with E-state index in [0.717, 1.165) is 23.4 Å². The molecule has 126 valence electrons. The average Bonchev–Trinajstić information content (AvgIpc) is 3.06. The van der Waals surface area contributed by atoms with Crippen molar-refractivity contribution in [2.75, 3.05) is 7.11 Å². The van der Waals surface area contributed by atoms with Gasteiger partial charge in [-0.1, -0.05) is 6.92 Å². The summed E-state index contributed by atoms with van der Waals surface area (Å²) in [6, 6.07) is 7.41. The van der Waals surface area contributed by atoms with Crippen LogP contribution in [0.15, 0.2) is 30.3 Å². The van der Waals surface area contributed by atoms with Crippen molar-refractivity contribution in [3.05, 3.63) is 61.3 Å². The van der Waals surface area contributed by atoms with Gasteiger partial charge in [-0.2, -0.15) is 0 Å². The number of esters is 1. The zero-order valence-electron chi connectivity index (χ0n) is 13.2. The van der Waals surface area contributed by atoms with Crippen LogP contribution >= 0.6 is 11.3 Å². The minimum absolute atomic E-state index is 0.0388. The van der Waals surface area contributed by atoms with E-state index in [-0.39, 0.29) is 16.8 Å². The van der Waals surface area contributed by atoms with E-state index >= 15 is 0 Å². The van der Waals surface area contributed by atoms with E-state index in [2.05, 4.69) is 10.1 Å². The first kappa shape index (κ1) is 17.6. The minimum atomic E-state index is -0.737. The summed E-state index contributed by atoms with van der Waals surface area (Å²) in [6.45, 7) is 2.37. The zero-order valence-corrected chi connectivity index (χ0v) is 14.0. The fourth-order valence-corrected chi connectivity index (χ4v) is 2.96. The van der Waals surface area contributed by atoms with Gasteiger partial charge in [-0.15, -0.1) is 11.3 Å². The Hall–Kier alpha value is -2.74. The number of aryl methyl sites for hydroxylation is 1. The highest BCUT2D eigenvalue weighted by Gasteiger charge is 2.18. The number of carbonyl (C=O) groups excluding carboxylic acids is 2. The van der Waals surface area contributed by atoms with E-state index in [0.29, 0.717) is 6.54 Å². The van der Waals surface area contributed by atoms with Gasteiger partial charge in [0.2, 0.25) is 0 Å². The highest BCUT2D eigenvalue weighted by Crippen LogP contribution is 2.19. The van der Waals surface area contributed by atoms with Crippen LogP contribution in [-0.4, -0.2) is 23.9 Å². The van der Waals surface area contributed by atoms with Crippen molar-refractivity contribution < 1.29 is 19.2 Å². The van der Waals surface area contributed by atoms with Crippen LogP contribution < -0.4 is 5.32 Å². The van der Waals surface area contributed by atoms with Gasteiger partial charge in [-0.25, -0.2) is 4.79 Å². The predicted octanol–water partition coefficient (Wildman–Crippen LogP) is 2.94. The summed E-state index contributed by atoms with van der Waals surface area (Å²) in [5.74, 6) is -1.23. The number of rotatable bonds is 6. The first-order chi connectivity index (χ1) is 11.4. The van der Waals surface area contributed by atoms with Gasteiger partial charge in [0.25, 0.3) is 11.6 Å². The van der Waals surface area contributed by atoms with Gasteiger partial charge in [-0.3, -0.25) is 14.9 Å². The number of non-ortho nitro benzene ring substituents is 1. The molecule has 0 aliphatic rings. The topological polar surface area (TPSA) is 98.5 Å². The van der Waals surface area contributed by atoms with Gasteiger partial charge in [0.1, 0.15) is 0 Å². The van der Waals surface area contributed by atoms with Gasteiger partial charge < -0.3 is 10.1 Å². The molecule has 1 N–H and O–H groups in total. The maximum Gasteiger partial charge on any atom is 0.338 e. The molecule has 1 amide bonds. The van der Waals surface area contributed by atoms with Crippen LogP contribution in [-0.2, 0) is 17.7 Å². The van der Waals surface area contributed by atoms with Crippen LogP contribution in [0.2, 0.25) is 0 Å². The van der Waals surface area contributed by atoms with Crippen molar-refractivity contribution in [1.82, 2.24) is 5.32 Å². The molecule has 2 aromatic rings. The first-order valence-electron chi connectivity index (χ1n) is 7.18. The fourth-order valence-electron chi connectivity index (χ4n) is 2.06. The quantitative estimate of drug-likeness (QED) is 0.491. The van der Waals surface area contributed by atoms with E-state index in [9.17, 15) is 19.7 Å². The normalized spacial score (nSPS) is 10.2. The lowest BCUT2D eigenvalue weighted by Gasteiger charge is -2.06. The second-order valence-corrected chi connectivity index (χ2v) is 6.17. The van der Waals surface area contributed by atoms with Crippen molar-refractivity contribution in [3.8, 4) is 0 Å². The standard InChI is InChI=1S/C16H16N2O5S/c1-3-13-4-5-14(24-13)9-17-15(19)10-6-11(16(20)23-2)8-12(7-10)18(21)22/h4-8H,3,9H2,1-2H3,(H,17,19). The molecule has 0 spiro atoms. The molecule has 7 nitrogen and oxygen atoms in total. The molecule has 0 unspecified atom stereocenters. The lowest BCUT2D eigenvalue weighted by molar-refractivity contribution is -0.384. The Kier molecular flexibility index (Phi) is 5.64. The maximum atomic E-state index is 12.3. The van der Waals surface area contributed by atoms with Crippen LogP contribution in [0.4, 0.5) is 5.69 Å². The molecule has 0 radical (unpaired) electrons. The zero-order chi connectivity index (χ0) is 17.7. The molecule has 1 aromatic heterocycles. The third-order valence-corrected chi connectivity index (χ3v) is 4.53. The molecule has 0 aliphatic heterocycles. The lowest BCUT2D eigenvalue weighted by Crippen LogP contribution is -2.23. The Morgan fingerprint density at radius 1 is 1.21 bits per heavy atom. The van der Waals surface area contributed by atoms with Crippen LogP contribution in [0.1, 0.15) is 37.4 Å². The minimum Gasteiger partial charge on any atom is -0.465 e. The summed E-state index contributed by atoms with van der Waals surface area (Å²) >= 11 is 1.59. The molecule has 8 heteroatoms. The third-order valence-electron chi connectivity index (χ3n) is 3.30. The number of nitrogens with one attached hydrogen (secondary N) is 1. The SMILES string of the molecule is CCc1ccc(CNC(=O)c2cc(C(=O)OC)cc([N+](=O)[O-])c2)s1. The molecular formula is C16H16N2O5S. The summed E-state index contributed by atoms with van der Waals surface area (Å²) in [6.07, 6.45) is 0.923. The first-order valence-corrected chi connectivity index (χ1v) is 7.99. The van der Waals surface area contributed by atoms with E-state index in [1.54, 1.807) is 11.3 Å². The molecule has 0 atom stereocenters. The molecule has 0 bridgehead atoms. The largest absolute Gasteiger partial charge is 0.465 e. The smallest absolute Gasteiger partial charge is 0.338 e. The highest BCUT2D eigenvalue weighted by atomic mass is 32.1. The molecule has 2 rings (SSSR count). The molecule has 0 aliphatic carbocycles. The number of carbonyl (C=O) groups is 2. The highest BCUT2D eigenvalue weighted by molar-refractivity contribution is 7.11. The van der Waals surface area contributed by atoms with E-state index in [1.165, 1.54) is 18.1 Å². The molecule has 0 saturated carbocycles. The Morgan fingerprint density at radius 2 is 1.88 bits per heavy atom. The van der Waals surface area contributed by atoms with Gasteiger partial charge >= 0.3 is 5.97 Å². The number of amides is 1. The Morgan fingerprint density at radius 3 is 2.46 bits per heavy atom. The van der Waals surface area contributed by atoms with Gasteiger partial charge in [0.15, 0.2) is 0 Å². The van der Waals surface area contributed by atoms with Gasteiger partial charge in [-0.05, 0) is 24.6 Å². The van der Waals surface area contributed by atoms with Crippen LogP contribution in [0.25, 0.3) is 0 Å². The van der Waals surface area contributed by atoms with Crippen LogP contribution in [0.5, 0.6) is 0 Å². The number of hydrogen-bond donors (Lipinski definition) is 1. The van der Waals surface area contributed by atoms with Crippen molar-refractivity contribution in [2.45, 2.75) is 19.9 Å². The summed E-state index contributed by atoms with van der Waals surface area (Å²) in [5.41, 5.74) is -0.342. The number of hydrogen-bond acceptors (Lipinski definition) is 6. The maximum absolute atomic E-state index is 12.3. The molecule has 0 saturated heterocycles. The summed E-state index contributed by atoms with van der Waals surface area (Å²) in [7, 11) is 1.17. The Bertz CT molecular complexity index is 785. The molecule has 1 aromatic carbocycles. The molecular weight excluding hydrogens is 332 g/mol. The number of nitrogens with zero attached hydrogens (tertiary/aromatic N) is 1. The van der Waals surface area contributed by atoms with E-state index < -0.39 is 16.8 Å². The molecule has 0 fully saturated rings. The number of benzene rings is 1. The summed E-state index contributed by atoms with van der Waals surface area (Å²) < 4.78 is 4.56. The van der Waals surface area contributed by atoms with E-state index in [1.807, 2.05) is 19.1 Å². The summed E-state index contributed by atoms with van der Waals surface area (Å²) in [4.78, 5) is 36.4. The summed E-state index contributed by atoms with van der Waals surface area (Å²) in [5, 5.41) is 13.7. The van der Waals surface area contributed by atoms with E-state index in [4.69, 9.17) is 0 Å². The molecule has 24 heavy (non-hydrogen) atoms. The Balaban J connectivity index is 2.19. The number of nitro groups is 1. The van der Waals surface area contributed by atoms with Crippen molar-refractivity contribution in [1.29, 1.82) is 0 Å². The lowest BCUT2D eigenvalue weighted by atomic mass is 10.1. The predicted molar refractivity (Wildman–Crippen MR) is 89.3 cm³/mol. The Labute approximate surface area is 142 Å². The number of ether oxygens (including phenoxy) is 1. The van der Waals surface area contributed by atoms with Gasteiger partial charge in [0, 0.05) is 27.5 Å². The van der Waals surface area contributed by atoms with Crippen LogP contribution in [0.3, 0.4) is 0 Å². The fraction of sp³-hybridized carbons (Fsp3) is 0.250. The monoisotopic (exact) mass is 348 g/mol. The number of methoxy groups -OCH3 is 1. The van der Waals surface area contributed by atoms with Crippen molar-refractivity contribution in [3.63, 3.8) is 0 Å². The van der Waals surface area contributed by atoms with Crippen molar-refractivity contribution in [2.24, 2.45) is 0 Å². The van der Waals surface area contributed by atoms with Crippen molar-refractivity contribution >= 4 is 28.9 Å². The number of thiophene rings is 1. The van der Waals surface area contributed by atoms with Gasteiger partial charge in [0.05, 0.1) is 24.1 Å². The van der Waals surface area contributed by atoms with Crippen LogP contribution in [0, 0.1) is 10.1 Å². The second-order valence-electron chi connectivity index (χ2n) is 4.92. The average molecular weight is 348 g/mol. The number of nitro benzene ring substituents is 1. The third kappa shape index (κ3) is 4.17. The molecule has 1 heterocycles. The second kappa shape index (κ2) is 7.69.